The first-order chi connectivity index (χ1) is 13.6. The lowest BCUT2D eigenvalue weighted by molar-refractivity contribution is -0.116. The Morgan fingerprint density at radius 3 is 2.21 bits per heavy atom. The summed E-state index contributed by atoms with van der Waals surface area (Å²) in [6.45, 7) is 1.46. The van der Waals surface area contributed by atoms with Crippen molar-refractivity contribution in [2.24, 2.45) is 0 Å². The second-order valence-electron chi connectivity index (χ2n) is 6.11. The highest BCUT2D eigenvalue weighted by Gasteiger charge is 2.32. The van der Waals surface area contributed by atoms with Crippen LogP contribution in [0.2, 0.25) is 5.02 Å². The van der Waals surface area contributed by atoms with Gasteiger partial charge in [-0.05, 0) is 37.3 Å². The van der Waals surface area contributed by atoms with E-state index in [0.717, 1.165) is 10.6 Å². The quantitative estimate of drug-likeness (QED) is 0.674. The third-order valence-electron chi connectivity index (χ3n) is 4.13. The lowest BCUT2D eigenvalue weighted by atomic mass is 10.2. The zero-order valence-electron chi connectivity index (χ0n) is 16.7. The standard InChI is InChI=1S/C19H23ClN2O6S/c1-12(19(23)21-15-11-14(26-2)7-9-17(15)27-3)22(29(5,24)25)16-10-13(20)6-8-18(16)28-4/h6-12H,1-5H3,(H,21,23)/t12-/m0/s1. The molecule has 0 radical (unpaired) electrons. The van der Waals surface area contributed by atoms with Crippen LogP contribution in [0.5, 0.6) is 17.2 Å². The first-order valence-corrected chi connectivity index (χ1v) is 10.7. The van der Waals surface area contributed by atoms with Gasteiger partial charge < -0.3 is 19.5 Å². The van der Waals surface area contributed by atoms with Crippen molar-refractivity contribution >= 4 is 38.9 Å². The molecule has 0 heterocycles. The van der Waals surface area contributed by atoms with Gasteiger partial charge in [-0.1, -0.05) is 11.6 Å². The Bertz CT molecular complexity index is 996. The van der Waals surface area contributed by atoms with Crippen molar-refractivity contribution in [3.05, 3.63) is 41.4 Å². The maximum absolute atomic E-state index is 12.9. The van der Waals surface area contributed by atoms with Crippen molar-refractivity contribution < 1.29 is 27.4 Å². The van der Waals surface area contributed by atoms with Gasteiger partial charge in [0.25, 0.3) is 0 Å². The molecule has 1 N–H and O–H groups in total. The molecule has 0 fully saturated rings. The van der Waals surface area contributed by atoms with E-state index in [1.165, 1.54) is 40.4 Å². The van der Waals surface area contributed by atoms with E-state index in [0.29, 0.717) is 22.2 Å². The molecule has 10 heteroatoms. The topological polar surface area (TPSA) is 94.2 Å². The highest BCUT2D eigenvalue weighted by atomic mass is 35.5. The molecule has 29 heavy (non-hydrogen) atoms. The number of rotatable bonds is 8. The Hall–Kier alpha value is -2.65. The summed E-state index contributed by atoms with van der Waals surface area (Å²) in [6, 6.07) is 8.30. The summed E-state index contributed by atoms with van der Waals surface area (Å²) >= 11 is 6.05. The summed E-state index contributed by atoms with van der Waals surface area (Å²) in [5.74, 6) is 0.588. The van der Waals surface area contributed by atoms with Crippen LogP contribution in [0.3, 0.4) is 0 Å². The molecule has 0 saturated heterocycles. The fourth-order valence-corrected chi connectivity index (χ4v) is 4.10. The molecule has 0 spiro atoms. The largest absolute Gasteiger partial charge is 0.497 e. The van der Waals surface area contributed by atoms with Gasteiger partial charge in [0.05, 0.1) is 39.0 Å². The van der Waals surface area contributed by atoms with Gasteiger partial charge in [-0.3, -0.25) is 9.10 Å². The molecule has 2 rings (SSSR count). The smallest absolute Gasteiger partial charge is 0.248 e. The zero-order valence-corrected chi connectivity index (χ0v) is 18.3. The number of benzene rings is 2. The predicted octanol–water partition coefficient (Wildman–Crippen LogP) is 3.16. The van der Waals surface area contributed by atoms with E-state index in [-0.39, 0.29) is 11.4 Å². The van der Waals surface area contributed by atoms with Crippen molar-refractivity contribution in [1.82, 2.24) is 0 Å². The lowest BCUT2D eigenvalue weighted by Crippen LogP contribution is -2.45. The second kappa shape index (κ2) is 9.23. The van der Waals surface area contributed by atoms with Crippen molar-refractivity contribution in [3.8, 4) is 17.2 Å². The molecule has 8 nitrogen and oxygen atoms in total. The van der Waals surface area contributed by atoms with Crippen LogP contribution >= 0.6 is 11.6 Å². The van der Waals surface area contributed by atoms with Gasteiger partial charge in [0.15, 0.2) is 0 Å². The van der Waals surface area contributed by atoms with Crippen molar-refractivity contribution in [2.75, 3.05) is 37.2 Å². The van der Waals surface area contributed by atoms with Gasteiger partial charge in [0.1, 0.15) is 23.3 Å². The third-order valence-corrected chi connectivity index (χ3v) is 5.59. The van der Waals surface area contributed by atoms with Gasteiger partial charge in [-0.25, -0.2) is 8.42 Å². The molecule has 1 amide bonds. The van der Waals surface area contributed by atoms with E-state index in [9.17, 15) is 13.2 Å². The third kappa shape index (κ3) is 5.24. The van der Waals surface area contributed by atoms with Crippen LogP contribution in [0.4, 0.5) is 11.4 Å². The summed E-state index contributed by atoms with van der Waals surface area (Å²) < 4.78 is 41.7. The zero-order chi connectivity index (χ0) is 21.8. The van der Waals surface area contributed by atoms with Crippen molar-refractivity contribution in [1.29, 1.82) is 0 Å². The van der Waals surface area contributed by atoms with Crippen molar-refractivity contribution in [3.63, 3.8) is 0 Å². The summed E-state index contributed by atoms with van der Waals surface area (Å²) in [5.41, 5.74) is 0.498. The molecule has 0 aliphatic carbocycles. The predicted molar refractivity (Wildman–Crippen MR) is 113 cm³/mol. The number of ether oxygens (including phenoxy) is 3. The Labute approximate surface area is 175 Å². The number of nitrogens with zero attached hydrogens (tertiary/aromatic N) is 1. The van der Waals surface area contributed by atoms with Crippen LogP contribution in [0.25, 0.3) is 0 Å². The number of amides is 1. The first kappa shape index (κ1) is 22.6. The number of hydrogen-bond donors (Lipinski definition) is 1. The van der Waals surface area contributed by atoms with E-state index < -0.39 is 22.0 Å². The maximum Gasteiger partial charge on any atom is 0.248 e. The van der Waals surface area contributed by atoms with Crippen LogP contribution in [-0.4, -0.2) is 48.0 Å². The molecule has 1 atom stereocenters. The Morgan fingerprint density at radius 1 is 1.03 bits per heavy atom. The molecule has 0 aliphatic heterocycles. The normalized spacial score (nSPS) is 12.1. The molecule has 0 saturated carbocycles. The van der Waals surface area contributed by atoms with Crippen LogP contribution < -0.4 is 23.8 Å². The number of sulfonamides is 1. The number of methoxy groups -OCH3 is 3. The van der Waals surface area contributed by atoms with E-state index in [1.807, 2.05) is 0 Å². The average molecular weight is 443 g/mol. The number of carbonyl (C=O) groups excluding carboxylic acids is 1. The SMILES string of the molecule is COc1ccc(OC)c(NC(=O)[C@H](C)N(c2cc(Cl)ccc2OC)S(C)(=O)=O)c1. The number of halogens is 1. The monoisotopic (exact) mass is 442 g/mol. The summed E-state index contributed by atoms with van der Waals surface area (Å²) in [6.07, 6.45) is 1.00. The summed E-state index contributed by atoms with van der Waals surface area (Å²) in [7, 11) is 0.499. The Kier molecular flexibility index (Phi) is 7.21. The van der Waals surface area contributed by atoms with Gasteiger partial charge in [-0.15, -0.1) is 0 Å². The summed E-state index contributed by atoms with van der Waals surface area (Å²) in [4.78, 5) is 12.9. The minimum absolute atomic E-state index is 0.155. The van der Waals surface area contributed by atoms with E-state index in [2.05, 4.69) is 5.32 Å². The minimum atomic E-state index is -3.85. The number of carbonyl (C=O) groups is 1. The highest BCUT2D eigenvalue weighted by molar-refractivity contribution is 7.92. The van der Waals surface area contributed by atoms with Crippen molar-refractivity contribution in [2.45, 2.75) is 13.0 Å². The van der Waals surface area contributed by atoms with Gasteiger partial charge in [0.2, 0.25) is 15.9 Å². The van der Waals surface area contributed by atoms with E-state index in [1.54, 1.807) is 24.3 Å². The van der Waals surface area contributed by atoms with Gasteiger partial charge >= 0.3 is 0 Å². The number of nitrogens with one attached hydrogen (secondary N) is 1. The van der Waals surface area contributed by atoms with Crippen LogP contribution in [-0.2, 0) is 14.8 Å². The lowest BCUT2D eigenvalue weighted by Gasteiger charge is -2.29. The molecule has 2 aromatic carbocycles. The first-order valence-electron chi connectivity index (χ1n) is 8.48. The van der Waals surface area contributed by atoms with Gasteiger partial charge in [0, 0.05) is 11.1 Å². The molecule has 158 valence electrons. The molecule has 0 aromatic heterocycles. The van der Waals surface area contributed by atoms with Crippen LogP contribution in [0.1, 0.15) is 6.92 Å². The average Bonchev–Trinajstić information content (AvgIpc) is 2.67. The number of hydrogen-bond acceptors (Lipinski definition) is 6. The fourth-order valence-electron chi connectivity index (χ4n) is 2.77. The summed E-state index contributed by atoms with van der Waals surface area (Å²) in [5, 5.41) is 2.99. The number of anilines is 2. The van der Waals surface area contributed by atoms with E-state index >= 15 is 0 Å². The fraction of sp³-hybridized carbons (Fsp3) is 0.316. The highest BCUT2D eigenvalue weighted by Crippen LogP contribution is 2.35. The molecular formula is C19H23ClN2O6S. The molecule has 0 aliphatic rings. The molecular weight excluding hydrogens is 420 g/mol. The van der Waals surface area contributed by atoms with Crippen LogP contribution in [0.15, 0.2) is 36.4 Å². The van der Waals surface area contributed by atoms with Crippen LogP contribution in [0, 0.1) is 0 Å². The Morgan fingerprint density at radius 2 is 1.66 bits per heavy atom. The Balaban J connectivity index is 2.45. The second-order valence-corrected chi connectivity index (χ2v) is 8.40. The maximum atomic E-state index is 12.9. The molecule has 0 bridgehead atoms. The van der Waals surface area contributed by atoms with E-state index in [4.69, 9.17) is 25.8 Å². The molecule has 2 aromatic rings. The minimum Gasteiger partial charge on any atom is -0.497 e. The van der Waals surface area contributed by atoms with Gasteiger partial charge in [-0.2, -0.15) is 0 Å². The molecule has 0 unspecified atom stereocenters.